The summed E-state index contributed by atoms with van der Waals surface area (Å²) < 4.78 is 0. The van der Waals surface area contributed by atoms with E-state index in [0.29, 0.717) is 11.5 Å². The number of benzene rings is 1. The molecule has 0 saturated heterocycles. The Morgan fingerprint density at radius 3 is 2.75 bits per heavy atom. The maximum atomic E-state index is 10.7. The normalized spacial score (nSPS) is 17.1. The molecule has 0 bridgehead atoms. The highest BCUT2D eigenvalue weighted by atomic mass is 35.5. The van der Waals surface area contributed by atoms with E-state index in [0.717, 1.165) is 12.0 Å². The van der Waals surface area contributed by atoms with Gasteiger partial charge in [0, 0.05) is 17.0 Å². The maximum absolute atomic E-state index is 10.7. The van der Waals surface area contributed by atoms with Gasteiger partial charge in [-0.2, -0.15) is 0 Å². The van der Waals surface area contributed by atoms with Crippen LogP contribution in [-0.4, -0.2) is 10.3 Å². The molecule has 0 aromatic heterocycles. The quantitative estimate of drug-likeness (QED) is 0.459. The fourth-order valence-corrected chi connectivity index (χ4v) is 2.33. The molecule has 1 unspecified atom stereocenters. The summed E-state index contributed by atoms with van der Waals surface area (Å²) in [5.41, 5.74) is 1.98. The number of halogens is 1. The molecule has 0 aliphatic heterocycles. The molecule has 1 aliphatic rings. The first-order valence-corrected chi connectivity index (χ1v) is 5.89. The zero-order chi connectivity index (χ0) is 11.7. The van der Waals surface area contributed by atoms with Crippen LogP contribution in [0.5, 0.6) is 0 Å². The third-order valence-electron chi connectivity index (χ3n) is 3.02. The van der Waals surface area contributed by atoms with Crippen LogP contribution in [0.25, 0.3) is 0 Å². The Balaban J connectivity index is 2.10. The predicted octanol–water partition coefficient (Wildman–Crippen LogP) is 3.46. The highest BCUT2D eigenvalue weighted by Crippen LogP contribution is 2.37. The van der Waals surface area contributed by atoms with Crippen molar-refractivity contribution in [2.24, 2.45) is 5.92 Å². The number of rotatable bonds is 4. The van der Waals surface area contributed by atoms with E-state index in [1.54, 1.807) is 13.0 Å². The summed E-state index contributed by atoms with van der Waals surface area (Å²) >= 11 is 6.23. The van der Waals surface area contributed by atoms with Gasteiger partial charge in [0.25, 0.3) is 5.69 Å². The minimum atomic E-state index is -0.349. The van der Waals surface area contributed by atoms with Crippen LogP contribution in [0.15, 0.2) is 18.2 Å². The zero-order valence-corrected chi connectivity index (χ0v) is 9.91. The summed E-state index contributed by atoms with van der Waals surface area (Å²) in [7, 11) is 0. The van der Waals surface area contributed by atoms with E-state index < -0.39 is 0 Å². The molecule has 86 valence electrons. The van der Waals surface area contributed by atoms with Crippen LogP contribution in [-0.2, 0) is 6.42 Å². The average molecular weight is 240 g/mol. The topological polar surface area (TPSA) is 43.1 Å². The highest BCUT2D eigenvalue weighted by Gasteiger charge is 2.29. The van der Waals surface area contributed by atoms with Gasteiger partial charge in [0.05, 0.1) is 4.92 Å². The van der Waals surface area contributed by atoms with Gasteiger partial charge >= 0.3 is 0 Å². The zero-order valence-electron chi connectivity index (χ0n) is 9.15. The molecule has 1 atom stereocenters. The van der Waals surface area contributed by atoms with Crippen LogP contribution >= 0.6 is 11.6 Å². The van der Waals surface area contributed by atoms with Gasteiger partial charge in [-0.15, -0.1) is 11.6 Å². The number of aryl methyl sites for hydroxylation is 1. The monoisotopic (exact) mass is 239 g/mol. The van der Waals surface area contributed by atoms with E-state index in [2.05, 4.69) is 0 Å². The van der Waals surface area contributed by atoms with Crippen molar-refractivity contribution in [3.63, 3.8) is 0 Å². The van der Waals surface area contributed by atoms with Crippen molar-refractivity contribution in [2.45, 2.75) is 31.6 Å². The first kappa shape index (κ1) is 11.4. The number of alkyl halides is 1. The van der Waals surface area contributed by atoms with E-state index in [-0.39, 0.29) is 16.0 Å². The third-order valence-corrected chi connectivity index (χ3v) is 3.53. The molecular weight excluding hydrogens is 226 g/mol. The molecule has 3 nitrogen and oxygen atoms in total. The standard InChI is InChI=1S/C12H14ClNO2/c1-8-6-9(2-5-12(8)14(15)16)7-11(13)10-3-4-10/h2,5-6,10-11H,3-4,7H2,1H3. The second-order valence-corrected chi connectivity index (χ2v) is 5.00. The third kappa shape index (κ3) is 2.53. The smallest absolute Gasteiger partial charge is 0.258 e. The molecule has 2 rings (SSSR count). The van der Waals surface area contributed by atoms with E-state index in [1.165, 1.54) is 12.8 Å². The van der Waals surface area contributed by atoms with E-state index >= 15 is 0 Å². The van der Waals surface area contributed by atoms with Crippen LogP contribution in [0, 0.1) is 23.0 Å². The first-order valence-electron chi connectivity index (χ1n) is 5.46. The van der Waals surface area contributed by atoms with Crippen LogP contribution in [0.1, 0.15) is 24.0 Å². The molecule has 1 aliphatic carbocycles. The van der Waals surface area contributed by atoms with Gasteiger partial charge in [0.15, 0.2) is 0 Å². The Bertz CT molecular complexity index is 415. The Kier molecular flexibility index (Phi) is 3.15. The van der Waals surface area contributed by atoms with Crippen molar-refractivity contribution < 1.29 is 4.92 Å². The second-order valence-electron chi connectivity index (χ2n) is 4.44. The second kappa shape index (κ2) is 4.42. The molecule has 1 saturated carbocycles. The molecule has 4 heteroatoms. The van der Waals surface area contributed by atoms with Gasteiger partial charge in [-0.05, 0) is 43.7 Å². The number of nitro benzene ring substituents is 1. The van der Waals surface area contributed by atoms with Gasteiger partial charge in [0.1, 0.15) is 0 Å². The Morgan fingerprint density at radius 1 is 1.56 bits per heavy atom. The molecular formula is C12H14ClNO2. The fraction of sp³-hybridized carbons (Fsp3) is 0.500. The minimum absolute atomic E-state index is 0.181. The van der Waals surface area contributed by atoms with E-state index in [9.17, 15) is 10.1 Å². The first-order chi connectivity index (χ1) is 7.58. The molecule has 1 aromatic carbocycles. The lowest BCUT2D eigenvalue weighted by Gasteiger charge is -2.08. The molecule has 0 spiro atoms. The van der Waals surface area contributed by atoms with Crippen molar-refractivity contribution in [1.82, 2.24) is 0 Å². The predicted molar refractivity (Wildman–Crippen MR) is 63.9 cm³/mol. The number of nitrogens with zero attached hydrogens (tertiary/aromatic N) is 1. The lowest BCUT2D eigenvalue weighted by atomic mass is 10.0. The Labute approximate surface area is 99.6 Å². The van der Waals surface area contributed by atoms with Crippen molar-refractivity contribution in [1.29, 1.82) is 0 Å². The van der Waals surface area contributed by atoms with Crippen LogP contribution in [0.2, 0.25) is 0 Å². The molecule has 0 N–H and O–H groups in total. The molecule has 1 fully saturated rings. The van der Waals surface area contributed by atoms with E-state index in [4.69, 9.17) is 11.6 Å². The van der Waals surface area contributed by atoms with Crippen molar-refractivity contribution in [3.05, 3.63) is 39.4 Å². The summed E-state index contributed by atoms with van der Waals surface area (Å²) in [5.74, 6) is 0.650. The summed E-state index contributed by atoms with van der Waals surface area (Å²) in [6, 6.07) is 5.25. The van der Waals surface area contributed by atoms with Gasteiger partial charge in [-0.1, -0.05) is 6.07 Å². The lowest BCUT2D eigenvalue weighted by molar-refractivity contribution is -0.385. The molecule has 0 radical (unpaired) electrons. The van der Waals surface area contributed by atoms with Gasteiger partial charge in [-0.3, -0.25) is 10.1 Å². The number of hydrogen-bond donors (Lipinski definition) is 0. The van der Waals surface area contributed by atoms with Gasteiger partial charge in [-0.25, -0.2) is 0 Å². The summed E-state index contributed by atoms with van der Waals surface area (Å²) in [5, 5.41) is 10.8. The molecule has 0 heterocycles. The Morgan fingerprint density at radius 2 is 2.25 bits per heavy atom. The molecule has 16 heavy (non-hydrogen) atoms. The lowest BCUT2D eigenvalue weighted by Crippen LogP contribution is -2.06. The van der Waals surface area contributed by atoms with Crippen LogP contribution in [0.4, 0.5) is 5.69 Å². The van der Waals surface area contributed by atoms with Gasteiger partial charge in [0.2, 0.25) is 0 Å². The highest BCUT2D eigenvalue weighted by molar-refractivity contribution is 6.21. The Hall–Kier alpha value is -1.09. The number of hydrogen-bond acceptors (Lipinski definition) is 2. The minimum Gasteiger partial charge on any atom is -0.258 e. The van der Waals surface area contributed by atoms with Gasteiger partial charge < -0.3 is 0 Å². The van der Waals surface area contributed by atoms with Crippen LogP contribution < -0.4 is 0 Å². The summed E-state index contributed by atoms with van der Waals surface area (Å²) in [4.78, 5) is 10.3. The molecule has 1 aromatic rings. The summed E-state index contributed by atoms with van der Waals surface area (Å²) in [6.45, 7) is 1.77. The SMILES string of the molecule is Cc1cc(CC(Cl)C2CC2)ccc1[N+](=O)[O-]. The number of nitro groups is 1. The van der Waals surface area contributed by atoms with Crippen molar-refractivity contribution in [3.8, 4) is 0 Å². The average Bonchev–Trinajstić information content (AvgIpc) is 2.99. The van der Waals surface area contributed by atoms with Crippen LogP contribution in [0.3, 0.4) is 0 Å². The largest absolute Gasteiger partial charge is 0.272 e. The fourth-order valence-electron chi connectivity index (χ4n) is 1.90. The van der Waals surface area contributed by atoms with Crippen molar-refractivity contribution in [2.75, 3.05) is 0 Å². The maximum Gasteiger partial charge on any atom is 0.272 e. The van der Waals surface area contributed by atoms with E-state index in [1.807, 2.05) is 12.1 Å². The van der Waals surface area contributed by atoms with Crippen molar-refractivity contribution >= 4 is 17.3 Å². The summed E-state index contributed by atoms with van der Waals surface area (Å²) in [6.07, 6.45) is 3.26. The molecule has 0 amide bonds.